The first-order valence-corrected chi connectivity index (χ1v) is 9.13. The van der Waals surface area contributed by atoms with Crippen molar-refractivity contribution in [2.24, 2.45) is 0 Å². The molecule has 0 aliphatic carbocycles. The van der Waals surface area contributed by atoms with E-state index in [4.69, 9.17) is 9.57 Å². The van der Waals surface area contributed by atoms with Crippen LogP contribution in [0.15, 0.2) is 24.3 Å². The average Bonchev–Trinajstić information content (AvgIpc) is 3.17. The molecule has 0 bridgehead atoms. The van der Waals surface area contributed by atoms with Gasteiger partial charge in [0.15, 0.2) is 0 Å². The topological polar surface area (TPSA) is 85.8 Å². The lowest BCUT2D eigenvalue weighted by Gasteiger charge is -2.19. The smallest absolute Gasteiger partial charge is 0.375 e. The Hall–Kier alpha value is -2.58. The van der Waals surface area contributed by atoms with Gasteiger partial charge in [0.05, 0.1) is 28.4 Å². The highest BCUT2D eigenvalue weighted by atomic mass is 32.1. The molecule has 2 amide bonds. The Kier molecular flexibility index (Phi) is 4.29. The van der Waals surface area contributed by atoms with E-state index < -0.39 is 17.8 Å². The zero-order valence-corrected chi connectivity index (χ0v) is 14.9. The monoisotopic (exact) mass is 372 g/mol. The Labute approximate surface area is 153 Å². The number of hydrogen-bond acceptors (Lipinski definition) is 7. The lowest BCUT2D eigenvalue weighted by Crippen LogP contribution is -2.32. The summed E-state index contributed by atoms with van der Waals surface area (Å²) in [5, 5.41) is 1.34. The molecule has 1 aromatic carbocycles. The maximum Gasteiger partial charge on any atom is 0.375 e. The molecule has 1 aromatic heterocycles. The van der Waals surface area contributed by atoms with Crippen LogP contribution in [-0.4, -0.2) is 41.0 Å². The first kappa shape index (κ1) is 16.9. The van der Waals surface area contributed by atoms with Gasteiger partial charge in [0.25, 0.3) is 11.8 Å². The van der Waals surface area contributed by atoms with Crippen LogP contribution in [-0.2, 0) is 9.57 Å². The molecule has 1 saturated heterocycles. The molecule has 0 N–H and O–H groups in total. The molecule has 7 nitrogen and oxygen atoms in total. The largest absolute Gasteiger partial charge is 0.381 e. The van der Waals surface area contributed by atoms with E-state index in [2.05, 4.69) is 4.98 Å². The highest BCUT2D eigenvalue weighted by Crippen LogP contribution is 2.32. The summed E-state index contributed by atoms with van der Waals surface area (Å²) in [5.41, 5.74) is 0.981. The van der Waals surface area contributed by atoms with Gasteiger partial charge >= 0.3 is 5.97 Å². The molecule has 2 aliphatic heterocycles. The van der Waals surface area contributed by atoms with Crippen LogP contribution >= 0.6 is 11.3 Å². The number of carbonyl (C=O) groups is 3. The fraction of sp³-hybridized carbons (Fsp3) is 0.333. The third-order valence-corrected chi connectivity index (χ3v) is 5.74. The molecule has 26 heavy (non-hydrogen) atoms. The number of fused-ring (bicyclic) bond motifs is 1. The maximum atomic E-state index is 12.5. The second kappa shape index (κ2) is 6.62. The van der Waals surface area contributed by atoms with Crippen LogP contribution in [0.2, 0.25) is 0 Å². The Bertz CT molecular complexity index is 866. The van der Waals surface area contributed by atoms with Gasteiger partial charge in [-0.1, -0.05) is 17.2 Å². The minimum atomic E-state index is -0.752. The van der Waals surface area contributed by atoms with Crippen molar-refractivity contribution in [2.45, 2.75) is 25.7 Å². The van der Waals surface area contributed by atoms with Crippen LogP contribution in [0.5, 0.6) is 0 Å². The van der Waals surface area contributed by atoms with Gasteiger partial charge in [-0.2, -0.15) is 0 Å². The molecule has 1 unspecified atom stereocenters. The summed E-state index contributed by atoms with van der Waals surface area (Å²) >= 11 is 1.23. The molecule has 0 radical (unpaired) electrons. The standard InChI is InChI=1S/C18H16N2O5S/c1-10-14(26-15(19-10)11-5-4-8-24-9-11)18(23)25-20-16(21)12-6-2-3-7-13(12)17(20)22/h2-3,6-7,11H,4-5,8-9H2,1H3. The molecule has 2 aliphatic rings. The molecule has 2 aromatic rings. The third kappa shape index (κ3) is 2.81. The number of nitrogens with zero attached hydrogens (tertiary/aromatic N) is 2. The number of ether oxygens (including phenoxy) is 1. The molecule has 134 valence electrons. The van der Waals surface area contributed by atoms with Gasteiger partial charge in [-0.25, -0.2) is 9.78 Å². The molecule has 0 spiro atoms. The Morgan fingerprint density at radius 3 is 2.58 bits per heavy atom. The van der Waals surface area contributed by atoms with Crippen LogP contribution in [0.1, 0.15) is 59.8 Å². The first-order chi connectivity index (χ1) is 12.6. The van der Waals surface area contributed by atoms with E-state index in [9.17, 15) is 14.4 Å². The first-order valence-electron chi connectivity index (χ1n) is 8.31. The van der Waals surface area contributed by atoms with Gasteiger partial charge in [-0.3, -0.25) is 9.59 Å². The van der Waals surface area contributed by atoms with Gasteiger partial charge in [-0.05, 0) is 31.9 Å². The second-order valence-corrected chi connectivity index (χ2v) is 7.24. The van der Waals surface area contributed by atoms with Crippen molar-refractivity contribution in [1.29, 1.82) is 0 Å². The maximum absolute atomic E-state index is 12.5. The number of carbonyl (C=O) groups excluding carboxylic acids is 3. The van der Waals surface area contributed by atoms with Crippen molar-refractivity contribution in [1.82, 2.24) is 10.0 Å². The average molecular weight is 372 g/mol. The molecule has 0 saturated carbocycles. The second-order valence-electron chi connectivity index (χ2n) is 6.21. The lowest BCUT2D eigenvalue weighted by atomic mass is 10.0. The zero-order valence-electron chi connectivity index (χ0n) is 14.1. The van der Waals surface area contributed by atoms with Gasteiger partial charge < -0.3 is 9.57 Å². The van der Waals surface area contributed by atoms with Crippen LogP contribution in [0.3, 0.4) is 0 Å². The van der Waals surface area contributed by atoms with Gasteiger partial charge in [-0.15, -0.1) is 11.3 Å². The van der Waals surface area contributed by atoms with Crippen LogP contribution in [0.4, 0.5) is 0 Å². The van der Waals surface area contributed by atoms with Crippen LogP contribution in [0, 0.1) is 6.92 Å². The number of aromatic nitrogens is 1. The number of hydroxylamine groups is 2. The van der Waals surface area contributed by atoms with E-state index >= 15 is 0 Å². The summed E-state index contributed by atoms with van der Waals surface area (Å²) < 4.78 is 5.47. The summed E-state index contributed by atoms with van der Waals surface area (Å²) in [4.78, 5) is 47.0. The predicted molar refractivity (Wildman–Crippen MR) is 92.0 cm³/mol. The quantitative estimate of drug-likeness (QED) is 0.770. The number of thiazole rings is 1. The summed E-state index contributed by atoms with van der Waals surface area (Å²) in [7, 11) is 0. The SMILES string of the molecule is Cc1nc(C2CCCOC2)sc1C(=O)ON1C(=O)c2ccccc2C1=O. The van der Waals surface area contributed by atoms with Crippen LogP contribution in [0.25, 0.3) is 0 Å². The predicted octanol–water partition coefficient (Wildman–Crippen LogP) is 2.71. The van der Waals surface area contributed by atoms with Gasteiger partial charge in [0, 0.05) is 12.5 Å². The fourth-order valence-corrected chi connectivity index (χ4v) is 4.15. The number of benzene rings is 1. The minimum absolute atomic E-state index is 0.160. The van der Waals surface area contributed by atoms with Crippen LogP contribution < -0.4 is 0 Å². The molecular weight excluding hydrogens is 356 g/mol. The highest BCUT2D eigenvalue weighted by Gasteiger charge is 2.39. The van der Waals surface area contributed by atoms with Crippen molar-refractivity contribution in [2.75, 3.05) is 13.2 Å². The molecule has 1 atom stereocenters. The molecule has 8 heteroatoms. The molecular formula is C18H16N2O5S. The summed E-state index contributed by atoms with van der Waals surface area (Å²) in [6.45, 7) is 3.04. The number of rotatable bonds is 3. The summed E-state index contributed by atoms with van der Waals surface area (Å²) in [6.07, 6.45) is 1.91. The van der Waals surface area contributed by atoms with E-state index in [0.29, 0.717) is 22.2 Å². The summed E-state index contributed by atoms with van der Waals surface area (Å²) in [5.74, 6) is -1.87. The third-order valence-electron chi connectivity index (χ3n) is 4.44. The van der Waals surface area contributed by atoms with Gasteiger partial charge in [0.2, 0.25) is 0 Å². The van der Waals surface area contributed by atoms with Crippen molar-refractivity contribution in [3.63, 3.8) is 0 Å². The minimum Gasteiger partial charge on any atom is -0.381 e. The Balaban J connectivity index is 1.53. The zero-order chi connectivity index (χ0) is 18.3. The van der Waals surface area contributed by atoms with Gasteiger partial charge in [0.1, 0.15) is 4.88 Å². The van der Waals surface area contributed by atoms with Crippen molar-refractivity contribution in [3.05, 3.63) is 51.0 Å². The van der Waals surface area contributed by atoms with Crippen molar-refractivity contribution in [3.8, 4) is 0 Å². The Morgan fingerprint density at radius 1 is 1.27 bits per heavy atom. The lowest BCUT2D eigenvalue weighted by molar-refractivity contribution is -0.0581. The van der Waals surface area contributed by atoms with E-state index in [-0.39, 0.29) is 17.0 Å². The number of hydrogen-bond donors (Lipinski definition) is 0. The fourth-order valence-electron chi connectivity index (χ4n) is 3.09. The summed E-state index contributed by atoms with van der Waals surface area (Å²) in [6, 6.07) is 6.37. The number of aryl methyl sites for hydroxylation is 1. The van der Waals surface area contributed by atoms with E-state index in [1.54, 1.807) is 19.1 Å². The number of amides is 2. The number of imide groups is 1. The van der Waals surface area contributed by atoms with E-state index in [1.807, 2.05) is 0 Å². The highest BCUT2D eigenvalue weighted by molar-refractivity contribution is 7.13. The Morgan fingerprint density at radius 2 is 1.96 bits per heavy atom. The van der Waals surface area contributed by atoms with E-state index in [1.165, 1.54) is 23.5 Å². The molecule has 4 rings (SSSR count). The molecule has 1 fully saturated rings. The van der Waals surface area contributed by atoms with Crippen molar-refractivity contribution >= 4 is 29.1 Å². The van der Waals surface area contributed by atoms with E-state index in [0.717, 1.165) is 24.5 Å². The van der Waals surface area contributed by atoms with Crippen molar-refractivity contribution < 1.29 is 24.0 Å². The molecule has 3 heterocycles. The normalized spacial score (nSPS) is 19.6.